The number of nitrogens with one attached hydrogen (secondary N) is 1. The Bertz CT molecular complexity index is 1770. The molecule has 1 aliphatic heterocycles. The van der Waals surface area contributed by atoms with Crippen LogP contribution in [0.25, 0.3) is 17.1 Å². The molecule has 3 amide bonds. The lowest BCUT2D eigenvalue weighted by molar-refractivity contribution is -0.274. The molecule has 4 aromatic rings. The number of carbonyl (C=O) groups is 2. The average Bonchev–Trinajstić information content (AvgIpc) is 3.60. The van der Waals surface area contributed by atoms with Crippen molar-refractivity contribution in [3.8, 4) is 22.8 Å². The van der Waals surface area contributed by atoms with E-state index in [-0.39, 0.29) is 45.6 Å². The van der Waals surface area contributed by atoms with Gasteiger partial charge in [0.2, 0.25) is 5.91 Å². The molecule has 0 spiro atoms. The van der Waals surface area contributed by atoms with E-state index in [4.69, 9.17) is 0 Å². The Morgan fingerprint density at radius 2 is 1.82 bits per heavy atom. The first-order valence-electron chi connectivity index (χ1n) is 13.5. The van der Waals surface area contributed by atoms with Crippen LogP contribution in [-0.4, -0.2) is 58.1 Å². The molecule has 0 radical (unpaired) electrons. The zero-order valence-electron chi connectivity index (χ0n) is 24.5. The highest BCUT2D eigenvalue weighted by Crippen LogP contribution is 2.36. The summed E-state index contributed by atoms with van der Waals surface area (Å²) in [5.41, 5.74) is 2.96. The van der Waals surface area contributed by atoms with E-state index in [1.165, 1.54) is 40.2 Å². The number of benzene rings is 3. The van der Waals surface area contributed by atoms with Crippen LogP contribution < -0.4 is 19.9 Å². The molecular weight excluding hydrogens is 614 g/mol. The predicted octanol–water partition coefficient (Wildman–Crippen LogP) is 6.83. The summed E-state index contributed by atoms with van der Waals surface area (Å²) >= 11 is 1.12. The van der Waals surface area contributed by atoms with Gasteiger partial charge in [-0.2, -0.15) is 4.99 Å². The lowest BCUT2D eigenvalue weighted by Crippen LogP contribution is -2.31. The number of alkyl halides is 3. The maximum Gasteiger partial charge on any atom is 0.573 e. The van der Waals surface area contributed by atoms with Gasteiger partial charge in [-0.05, 0) is 66.1 Å². The number of halogens is 4. The number of hydrogen-bond donors (Lipinski definition) is 1. The average molecular weight is 642 g/mol. The number of carbonyl (C=O) groups excluding carboxylic acids is 2. The topological polar surface area (TPSA) is 105 Å². The smallest absolute Gasteiger partial charge is 0.406 e. The quantitative estimate of drug-likeness (QED) is 0.221. The molecule has 0 bridgehead atoms. The van der Waals surface area contributed by atoms with Crippen molar-refractivity contribution in [2.75, 3.05) is 35.0 Å². The van der Waals surface area contributed by atoms with Crippen molar-refractivity contribution in [2.24, 2.45) is 4.99 Å². The largest absolute Gasteiger partial charge is 0.573 e. The minimum absolute atomic E-state index is 0.0941. The van der Waals surface area contributed by atoms with Crippen molar-refractivity contribution in [2.45, 2.75) is 26.1 Å². The number of nitrogens with zero attached hydrogens (tertiary/aromatic N) is 6. The van der Waals surface area contributed by atoms with Crippen LogP contribution in [0.4, 0.5) is 39.4 Å². The van der Waals surface area contributed by atoms with Crippen LogP contribution in [0.5, 0.6) is 5.75 Å². The maximum atomic E-state index is 15.1. The van der Waals surface area contributed by atoms with Crippen LogP contribution in [-0.2, 0) is 4.79 Å². The van der Waals surface area contributed by atoms with Gasteiger partial charge in [0.15, 0.2) is 11.0 Å². The third-order valence-electron chi connectivity index (χ3n) is 6.65. The van der Waals surface area contributed by atoms with Gasteiger partial charge in [0, 0.05) is 25.3 Å². The lowest BCUT2D eigenvalue weighted by Gasteiger charge is -2.24. The van der Waals surface area contributed by atoms with Gasteiger partial charge in [-0.1, -0.05) is 31.7 Å². The Labute approximate surface area is 259 Å². The Morgan fingerprint density at radius 1 is 1.09 bits per heavy atom. The van der Waals surface area contributed by atoms with Crippen LogP contribution in [0.1, 0.15) is 25.3 Å². The molecule has 10 nitrogen and oxygen atoms in total. The Morgan fingerprint density at radius 3 is 2.47 bits per heavy atom. The second kappa shape index (κ2) is 12.6. The summed E-state index contributed by atoms with van der Waals surface area (Å²) in [5.74, 6) is -1.06. The van der Waals surface area contributed by atoms with Gasteiger partial charge in [-0.15, -0.1) is 18.3 Å². The van der Waals surface area contributed by atoms with E-state index in [0.29, 0.717) is 11.4 Å². The number of rotatable bonds is 7. The molecule has 0 unspecified atom stereocenters. The molecule has 45 heavy (non-hydrogen) atoms. The van der Waals surface area contributed by atoms with E-state index < -0.39 is 18.2 Å². The van der Waals surface area contributed by atoms with Gasteiger partial charge in [0.25, 0.3) is 0 Å². The zero-order chi connectivity index (χ0) is 32.5. The third kappa shape index (κ3) is 7.25. The number of amidine groups is 1. The van der Waals surface area contributed by atoms with Crippen LogP contribution in [0.15, 0.2) is 72.0 Å². The third-order valence-corrected chi connectivity index (χ3v) is 7.57. The minimum atomic E-state index is -4.81. The van der Waals surface area contributed by atoms with E-state index in [2.05, 4.69) is 25.1 Å². The summed E-state index contributed by atoms with van der Waals surface area (Å²) in [7, 11) is 3.77. The molecule has 1 N–H and O–H groups in total. The number of thioether (sulfide) groups is 1. The molecule has 15 heteroatoms. The van der Waals surface area contributed by atoms with Gasteiger partial charge in [-0.25, -0.2) is 18.9 Å². The number of anilines is 3. The number of hydrogen-bond acceptors (Lipinski definition) is 7. The predicted molar refractivity (Wildman–Crippen MR) is 165 cm³/mol. The van der Waals surface area contributed by atoms with Crippen LogP contribution >= 0.6 is 11.8 Å². The van der Waals surface area contributed by atoms with Gasteiger partial charge in [0.1, 0.15) is 17.9 Å². The lowest BCUT2D eigenvalue weighted by atomic mass is 9.99. The fraction of sp³-hybridized carbons (Fsp3) is 0.233. The molecule has 0 aliphatic carbocycles. The zero-order valence-corrected chi connectivity index (χ0v) is 25.3. The van der Waals surface area contributed by atoms with Crippen molar-refractivity contribution in [3.63, 3.8) is 0 Å². The normalized spacial score (nSPS) is 14.4. The second-order valence-electron chi connectivity index (χ2n) is 10.4. The van der Waals surface area contributed by atoms with Crippen molar-refractivity contribution in [3.05, 3.63) is 78.4 Å². The number of aliphatic imine (C=N–C) groups is 1. The van der Waals surface area contributed by atoms with Gasteiger partial charge in [0.05, 0.1) is 22.8 Å². The van der Waals surface area contributed by atoms with Crippen molar-refractivity contribution < 1.29 is 31.9 Å². The fourth-order valence-corrected chi connectivity index (χ4v) is 5.34. The van der Waals surface area contributed by atoms with Gasteiger partial charge in [-0.3, -0.25) is 9.69 Å². The summed E-state index contributed by atoms with van der Waals surface area (Å²) < 4.78 is 57.5. The summed E-state index contributed by atoms with van der Waals surface area (Å²) in [6, 6.07) is 13.9. The molecular formula is C30H27F4N7O3S. The summed E-state index contributed by atoms with van der Waals surface area (Å²) in [5, 5.41) is 6.86. The number of amides is 3. The molecule has 234 valence electrons. The molecule has 0 atom stereocenters. The van der Waals surface area contributed by atoms with Gasteiger partial charge < -0.3 is 15.0 Å². The Kier molecular flexibility index (Phi) is 8.82. The first-order chi connectivity index (χ1) is 21.3. The molecule has 2 heterocycles. The van der Waals surface area contributed by atoms with E-state index in [9.17, 15) is 22.8 Å². The molecule has 0 saturated carbocycles. The molecule has 1 aliphatic rings. The number of urea groups is 1. The SMILES string of the molecule is CC(C)c1ccc(N(C)C)cc1N1C(=O)CS/C1=N\C(=O)Nc1ccc(-c2ncn(-c3ccc(OC(F)(F)F)cc3)n2)cc1F. The minimum Gasteiger partial charge on any atom is -0.406 e. The standard InChI is InChI=1S/C30H27F4N7O3S/c1-17(2)22-11-8-20(39(3)4)14-25(22)41-26(42)15-45-29(41)37-28(43)36-24-12-5-18(13-23(24)31)27-35-16-40(38-27)19-6-9-21(10-7-19)44-30(32,33)34/h5-14,16-17H,15H2,1-4H3,(H,36,43)/b37-29-. The van der Waals surface area contributed by atoms with E-state index in [1.54, 1.807) is 0 Å². The first kappa shape index (κ1) is 31.5. The Balaban J connectivity index is 1.32. The highest BCUT2D eigenvalue weighted by atomic mass is 32.2. The summed E-state index contributed by atoms with van der Waals surface area (Å²) in [6.07, 6.45) is -3.49. The molecule has 3 aromatic carbocycles. The van der Waals surface area contributed by atoms with E-state index >= 15 is 4.39 Å². The van der Waals surface area contributed by atoms with Crippen LogP contribution in [0.2, 0.25) is 0 Å². The van der Waals surface area contributed by atoms with Crippen LogP contribution in [0, 0.1) is 5.82 Å². The first-order valence-corrected chi connectivity index (χ1v) is 14.5. The van der Waals surface area contributed by atoms with Crippen molar-refractivity contribution in [1.82, 2.24) is 14.8 Å². The fourth-order valence-electron chi connectivity index (χ4n) is 4.48. The Hall–Kier alpha value is -4.92. The van der Waals surface area contributed by atoms with E-state index in [0.717, 1.165) is 41.2 Å². The van der Waals surface area contributed by atoms with Crippen molar-refractivity contribution >= 4 is 45.9 Å². The highest BCUT2D eigenvalue weighted by Gasteiger charge is 2.33. The molecule has 5 rings (SSSR count). The molecule has 1 saturated heterocycles. The van der Waals surface area contributed by atoms with Gasteiger partial charge >= 0.3 is 12.4 Å². The number of ether oxygens (including phenoxy) is 1. The second-order valence-corrected chi connectivity index (χ2v) is 11.3. The van der Waals surface area contributed by atoms with Crippen LogP contribution in [0.3, 0.4) is 0 Å². The molecule has 1 aromatic heterocycles. The van der Waals surface area contributed by atoms with Crippen molar-refractivity contribution in [1.29, 1.82) is 0 Å². The number of aromatic nitrogens is 3. The maximum absolute atomic E-state index is 15.1. The highest BCUT2D eigenvalue weighted by molar-refractivity contribution is 8.15. The molecule has 1 fully saturated rings. The van der Waals surface area contributed by atoms with E-state index in [1.807, 2.05) is 51.0 Å². The summed E-state index contributed by atoms with van der Waals surface area (Å²) in [4.78, 5) is 37.4. The summed E-state index contributed by atoms with van der Waals surface area (Å²) in [6.45, 7) is 4.01. The monoisotopic (exact) mass is 641 g/mol.